The summed E-state index contributed by atoms with van der Waals surface area (Å²) in [5, 5.41) is 2.78. The van der Waals surface area contributed by atoms with Crippen molar-refractivity contribution >= 4 is 33.0 Å². The first-order chi connectivity index (χ1) is 11.3. The molecule has 0 fully saturated rings. The fourth-order valence-electron chi connectivity index (χ4n) is 2.09. The van der Waals surface area contributed by atoms with E-state index in [9.17, 15) is 13.2 Å². The van der Waals surface area contributed by atoms with E-state index in [1.165, 1.54) is 0 Å². The summed E-state index contributed by atoms with van der Waals surface area (Å²) in [5.74, 6) is -0.218. The van der Waals surface area contributed by atoms with Crippen LogP contribution in [0.2, 0.25) is 0 Å². The van der Waals surface area contributed by atoms with Crippen LogP contribution < -0.4 is 14.9 Å². The van der Waals surface area contributed by atoms with Crippen LogP contribution in [0.3, 0.4) is 0 Å². The molecule has 0 spiro atoms. The lowest BCUT2D eigenvalue weighted by Crippen LogP contribution is -2.16. The second-order valence-corrected chi connectivity index (χ2v) is 7.22. The highest BCUT2D eigenvalue weighted by Gasteiger charge is 2.08. The van der Waals surface area contributed by atoms with Gasteiger partial charge in [-0.25, -0.2) is 8.42 Å². The van der Waals surface area contributed by atoms with Crippen molar-refractivity contribution in [1.29, 1.82) is 0 Å². The topological polar surface area (TPSA) is 78.5 Å². The molecule has 0 saturated carbocycles. The molecule has 128 valence electrons. The Morgan fingerprint density at radius 1 is 1.00 bits per heavy atom. The van der Waals surface area contributed by atoms with Crippen LogP contribution in [0.1, 0.15) is 17.3 Å². The summed E-state index contributed by atoms with van der Waals surface area (Å²) in [6.45, 7) is 2.95. The predicted molar refractivity (Wildman–Crippen MR) is 98.2 cm³/mol. The number of hydrogen-bond donors (Lipinski definition) is 2. The number of carbonyl (C=O) groups excluding carboxylic acids is 1. The minimum Gasteiger partial charge on any atom is -0.375 e. The highest BCUT2D eigenvalue weighted by atomic mass is 32.2. The Kier molecular flexibility index (Phi) is 5.46. The third-order valence-corrected chi connectivity index (χ3v) is 4.10. The third kappa shape index (κ3) is 4.99. The molecule has 0 radical (unpaired) electrons. The molecule has 24 heavy (non-hydrogen) atoms. The number of nitrogens with one attached hydrogen (secondary N) is 2. The van der Waals surface area contributed by atoms with Gasteiger partial charge in [0.25, 0.3) is 5.91 Å². The monoisotopic (exact) mass is 347 g/mol. The van der Waals surface area contributed by atoms with Crippen molar-refractivity contribution in [1.82, 2.24) is 0 Å². The van der Waals surface area contributed by atoms with Gasteiger partial charge in [-0.1, -0.05) is 0 Å². The van der Waals surface area contributed by atoms with Crippen LogP contribution in [-0.2, 0) is 10.0 Å². The predicted octanol–water partition coefficient (Wildman–Crippen LogP) is 2.77. The van der Waals surface area contributed by atoms with E-state index in [-0.39, 0.29) is 5.91 Å². The maximum absolute atomic E-state index is 12.2. The standard InChI is InChI=1S/C17H21N3O3S/c1-4-20(2)16-11-5-13(6-12-16)17(21)18-14-7-9-15(10-8-14)19-24(3,22)23/h5-12,19H,4H2,1-3H3,(H,18,21). The maximum Gasteiger partial charge on any atom is 0.255 e. The largest absolute Gasteiger partial charge is 0.375 e. The van der Waals surface area contributed by atoms with Crippen molar-refractivity contribution in [3.8, 4) is 0 Å². The molecule has 0 aliphatic carbocycles. The van der Waals surface area contributed by atoms with Crippen LogP contribution in [0, 0.1) is 0 Å². The summed E-state index contributed by atoms with van der Waals surface area (Å²) in [6.07, 6.45) is 1.09. The number of hydrogen-bond acceptors (Lipinski definition) is 4. The average molecular weight is 347 g/mol. The molecule has 0 aliphatic heterocycles. The molecule has 0 aliphatic rings. The van der Waals surface area contributed by atoms with E-state index >= 15 is 0 Å². The van der Waals surface area contributed by atoms with Gasteiger partial charge in [-0.15, -0.1) is 0 Å². The highest BCUT2D eigenvalue weighted by molar-refractivity contribution is 7.92. The van der Waals surface area contributed by atoms with E-state index in [0.717, 1.165) is 18.5 Å². The van der Waals surface area contributed by atoms with E-state index in [1.54, 1.807) is 36.4 Å². The number of amides is 1. The molecular weight excluding hydrogens is 326 g/mol. The van der Waals surface area contributed by atoms with Gasteiger partial charge in [0.2, 0.25) is 10.0 Å². The number of carbonyl (C=O) groups is 1. The van der Waals surface area contributed by atoms with Crippen molar-refractivity contribution in [3.05, 3.63) is 54.1 Å². The van der Waals surface area contributed by atoms with Crippen molar-refractivity contribution in [2.45, 2.75) is 6.92 Å². The molecule has 7 heteroatoms. The Hall–Kier alpha value is -2.54. The summed E-state index contributed by atoms with van der Waals surface area (Å²) in [5.41, 5.74) is 2.64. The molecule has 0 atom stereocenters. The summed E-state index contributed by atoms with van der Waals surface area (Å²) in [4.78, 5) is 14.3. The van der Waals surface area contributed by atoms with Gasteiger partial charge < -0.3 is 10.2 Å². The summed E-state index contributed by atoms with van der Waals surface area (Å²) >= 11 is 0. The number of rotatable bonds is 6. The number of benzene rings is 2. The lowest BCUT2D eigenvalue weighted by molar-refractivity contribution is 0.102. The quantitative estimate of drug-likeness (QED) is 0.842. The average Bonchev–Trinajstić information content (AvgIpc) is 2.54. The summed E-state index contributed by atoms with van der Waals surface area (Å²) in [6, 6.07) is 13.8. The van der Waals surface area contributed by atoms with Crippen LogP contribution in [0.5, 0.6) is 0 Å². The molecule has 0 unspecified atom stereocenters. The zero-order valence-electron chi connectivity index (χ0n) is 13.9. The van der Waals surface area contributed by atoms with E-state index in [4.69, 9.17) is 0 Å². The van der Waals surface area contributed by atoms with E-state index in [2.05, 4.69) is 21.9 Å². The van der Waals surface area contributed by atoms with Crippen LogP contribution in [0.25, 0.3) is 0 Å². The first-order valence-electron chi connectivity index (χ1n) is 7.49. The maximum atomic E-state index is 12.2. The zero-order valence-corrected chi connectivity index (χ0v) is 14.7. The van der Waals surface area contributed by atoms with Crippen molar-refractivity contribution in [3.63, 3.8) is 0 Å². The van der Waals surface area contributed by atoms with Gasteiger partial charge in [0.15, 0.2) is 0 Å². The lowest BCUT2D eigenvalue weighted by atomic mass is 10.1. The van der Waals surface area contributed by atoms with Crippen LogP contribution in [-0.4, -0.2) is 34.2 Å². The van der Waals surface area contributed by atoms with Crippen molar-refractivity contribution < 1.29 is 13.2 Å². The third-order valence-electron chi connectivity index (χ3n) is 3.49. The van der Waals surface area contributed by atoms with E-state index < -0.39 is 10.0 Å². The second-order valence-electron chi connectivity index (χ2n) is 5.47. The number of anilines is 3. The Bertz CT molecular complexity index is 800. The molecular formula is C17H21N3O3S. The molecule has 0 saturated heterocycles. The first-order valence-corrected chi connectivity index (χ1v) is 9.38. The fraction of sp³-hybridized carbons (Fsp3) is 0.235. The SMILES string of the molecule is CCN(C)c1ccc(C(=O)Nc2ccc(NS(C)(=O)=O)cc2)cc1. The lowest BCUT2D eigenvalue weighted by Gasteiger charge is -2.16. The van der Waals surface area contributed by atoms with E-state index in [1.807, 2.05) is 19.2 Å². The minimum atomic E-state index is -3.31. The van der Waals surface area contributed by atoms with E-state index in [0.29, 0.717) is 16.9 Å². The molecule has 6 nitrogen and oxygen atoms in total. The number of sulfonamides is 1. The van der Waals surface area contributed by atoms with Crippen molar-refractivity contribution in [2.24, 2.45) is 0 Å². The van der Waals surface area contributed by atoms with Gasteiger partial charge in [0, 0.05) is 36.2 Å². The molecule has 0 bridgehead atoms. The minimum absolute atomic E-state index is 0.218. The van der Waals surface area contributed by atoms with Gasteiger partial charge in [-0.05, 0) is 55.5 Å². The Balaban J connectivity index is 2.04. The summed E-state index contributed by atoms with van der Waals surface area (Å²) in [7, 11) is -1.32. The van der Waals surface area contributed by atoms with Gasteiger partial charge in [-0.2, -0.15) is 0 Å². The molecule has 0 heterocycles. The van der Waals surface area contributed by atoms with Crippen LogP contribution >= 0.6 is 0 Å². The van der Waals surface area contributed by atoms with Gasteiger partial charge in [-0.3, -0.25) is 9.52 Å². The molecule has 2 rings (SSSR count). The van der Waals surface area contributed by atoms with Gasteiger partial charge >= 0.3 is 0 Å². The Labute approximate surface area is 142 Å². The zero-order chi connectivity index (χ0) is 17.7. The Morgan fingerprint density at radius 3 is 2.04 bits per heavy atom. The first kappa shape index (κ1) is 17.8. The van der Waals surface area contributed by atoms with Gasteiger partial charge in [0.1, 0.15) is 0 Å². The highest BCUT2D eigenvalue weighted by Crippen LogP contribution is 2.17. The number of nitrogens with zero attached hydrogens (tertiary/aromatic N) is 1. The van der Waals surface area contributed by atoms with Crippen molar-refractivity contribution in [2.75, 3.05) is 34.8 Å². The summed E-state index contributed by atoms with van der Waals surface area (Å²) < 4.78 is 24.7. The van der Waals surface area contributed by atoms with Crippen LogP contribution in [0.4, 0.5) is 17.1 Å². The molecule has 2 aromatic carbocycles. The fourth-order valence-corrected chi connectivity index (χ4v) is 2.65. The second kappa shape index (κ2) is 7.35. The van der Waals surface area contributed by atoms with Crippen LogP contribution in [0.15, 0.2) is 48.5 Å². The molecule has 2 N–H and O–H groups in total. The molecule has 2 aromatic rings. The Morgan fingerprint density at radius 2 is 1.54 bits per heavy atom. The molecule has 1 amide bonds. The van der Waals surface area contributed by atoms with Gasteiger partial charge in [0.05, 0.1) is 6.26 Å². The smallest absolute Gasteiger partial charge is 0.255 e. The molecule has 0 aromatic heterocycles. The normalized spacial score (nSPS) is 11.0.